The SMILES string of the molecule is CC1(C)C(c2ccc(C(=O)O)cc2)=CC[C@]2(C)CN(C(=O)c3ccccc3C3=Nc4ccccc4[N+]3(CCN3CCS(=O)(=O)CC3)CCN3CCS(=O)(=O)CC3)CC=C12. The standard InChI is InChI=1S/C45H53N5O7S2/c1-44(2)37(33-12-14-34(15-13-33)43(52)53)16-18-45(3)32-49(19-17-40(44)45)42(51)36-9-5-4-8-35(36)41-46-38-10-6-7-11-39(38)50(41,26-20-47-22-28-58(54,55)29-23-47)27-21-48-24-30-59(56,57)31-25-48/h4-17H,18-32H2,1-3H3/p+1/t45-/m1/s1. The summed E-state index contributed by atoms with van der Waals surface area (Å²) < 4.78 is 49.8. The number of hydrogen-bond donors (Lipinski definition) is 1. The van der Waals surface area contributed by atoms with Crippen LogP contribution in [0.4, 0.5) is 11.4 Å². The van der Waals surface area contributed by atoms with Crippen LogP contribution in [-0.2, 0) is 19.7 Å². The molecule has 0 spiro atoms. The number of carbonyl (C=O) groups excluding carboxylic acids is 1. The molecule has 1 N–H and O–H groups in total. The van der Waals surface area contributed by atoms with Crippen molar-refractivity contribution in [1.29, 1.82) is 0 Å². The molecular weight excluding hydrogens is 787 g/mol. The van der Waals surface area contributed by atoms with Crippen LogP contribution in [0.1, 0.15) is 59.0 Å². The molecule has 1 amide bonds. The third-order valence-electron chi connectivity index (χ3n) is 13.4. The average Bonchev–Trinajstić information content (AvgIpc) is 3.53. The first-order valence-electron chi connectivity index (χ1n) is 20.6. The Bertz CT molecular complexity index is 2420. The predicted octanol–water partition coefficient (Wildman–Crippen LogP) is 5.15. The molecule has 0 radical (unpaired) electrons. The summed E-state index contributed by atoms with van der Waals surface area (Å²) in [4.78, 5) is 38.2. The summed E-state index contributed by atoms with van der Waals surface area (Å²) in [5, 5.41) is 9.45. The summed E-state index contributed by atoms with van der Waals surface area (Å²) in [5.74, 6) is 0.251. The lowest BCUT2D eigenvalue weighted by molar-refractivity contribution is 0.0678. The maximum atomic E-state index is 15.0. The number of carbonyl (C=O) groups is 2. The Morgan fingerprint density at radius 1 is 0.763 bits per heavy atom. The summed E-state index contributed by atoms with van der Waals surface area (Å²) in [6.07, 6.45) is 5.19. The number of nitrogens with zero attached hydrogens (tertiary/aromatic N) is 5. The highest BCUT2D eigenvalue weighted by atomic mass is 32.2. The molecule has 0 bridgehead atoms. The summed E-state index contributed by atoms with van der Waals surface area (Å²) in [6.45, 7) is 11.9. The van der Waals surface area contributed by atoms with E-state index in [-0.39, 0.29) is 45.3 Å². The summed E-state index contributed by atoms with van der Waals surface area (Å²) in [6, 6.07) is 22.9. The molecule has 12 nitrogen and oxygen atoms in total. The molecule has 312 valence electrons. The smallest absolute Gasteiger partial charge is 0.335 e. The predicted molar refractivity (Wildman–Crippen MR) is 233 cm³/mol. The molecule has 4 heterocycles. The Labute approximate surface area is 348 Å². The second-order valence-corrected chi connectivity index (χ2v) is 22.2. The normalized spacial score (nSPS) is 24.6. The summed E-state index contributed by atoms with van der Waals surface area (Å²) in [7, 11) is -6.12. The molecule has 1 atom stereocenters. The first-order valence-corrected chi connectivity index (χ1v) is 24.2. The Hall–Kier alpha value is -4.47. The van der Waals surface area contributed by atoms with Gasteiger partial charge in [0, 0.05) is 69.3 Å². The van der Waals surface area contributed by atoms with E-state index in [4.69, 9.17) is 4.99 Å². The number of sulfone groups is 2. The highest BCUT2D eigenvalue weighted by Gasteiger charge is 2.49. The number of rotatable bonds is 10. The largest absolute Gasteiger partial charge is 0.478 e. The van der Waals surface area contributed by atoms with Crippen molar-refractivity contribution in [2.24, 2.45) is 15.8 Å². The number of amides is 1. The zero-order valence-electron chi connectivity index (χ0n) is 34.1. The quantitative estimate of drug-likeness (QED) is 0.217. The third-order valence-corrected chi connectivity index (χ3v) is 16.6. The highest BCUT2D eigenvalue weighted by molar-refractivity contribution is 7.91. The fraction of sp³-hybridized carbons (Fsp3) is 0.444. The second kappa shape index (κ2) is 15.5. The average molecular weight is 841 g/mol. The van der Waals surface area contributed by atoms with Gasteiger partial charge in [-0.3, -0.25) is 14.6 Å². The van der Waals surface area contributed by atoms with Crippen molar-refractivity contribution >= 4 is 54.3 Å². The van der Waals surface area contributed by atoms with E-state index < -0.39 is 25.6 Å². The van der Waals surface area contributed by atoms with Gasteiger partial charge in [0.15, 0.2) is 25.4 Å². The van der Waals surface area contributed by atoms with Crippen molar-refractivity contribution in [3.63, 3.8) is 0 Å². The topological polar surface area (TPSA) is 145 Å². The molecule has 1 aliphatic carbocycles. The van der Waals surface area contributed by atoms with Crippen LogP contribution < -0.4 is 4.48 Å². The number of para-hydroxylation sites is 2. The lowest BCUT2D eigenvalue weighted by Crippen LogP contribution is -2.60. The Balaban J connectivity index is 1.11. The number of allylic oxidation sites excluding steroid dienone is 2. The molecule has 0 aromatic heterocycles. The molecule has 59 heavy (non-hydrogen) atoms. The van der Waals surface area contributed by atoms with Crippen LogP contribution >= 0.6 is 0 Å². The van der Waals surface area contributed by atoms with Crippen molar-refractivity contribution in [2.75, 3.05) is 88.5 Å². The van der Waals surface area contributed by atoms with E-state index in [9.17, 15) is 31.5 Å². The first-order chi connectivity index (χ1) is 28.0. The van der Waals surface area contributed by atoms with Crippen molar-refractivity contribution in [3.8, 4) is 0 Å². The van der Waals surface area contributed by atoms with E-state index in [1.165, 1.54) is 5.57 Å². The van der Waals surface area contributed by atoms with Crippen LogP contribution in [0.2, 0.25) is 0 Å². The van der Waals surface area contributed by atoms with Crippen LogP contribution in [0, 0.1) is 10.8 Å². The Morgan fingerprint density at radius 3 is 1.95 bits per heavy atom. The maximum absolute atomic E-state index is 15.0. The summed E-state index contributed by atoms with van der Waals surface area (Å²) in [5.41, 5.74) is 6.17. The van der Waals surface area contributed by atoms with Crippen LogP contribution in [0.15, 0.2) is 95.5 Å². The van der Waals surface area contributed by atoms with Gasteiger partial charge in [-0.2, -0.15) is 4.99 Å². The minimum absolute atomic E-state index is 0.0757. The fourth-order valence-electron chi connectivity index (χ4n) is 10.1. The van der Waals surface area contributed by atoms with Crippen LogP contribution in [-0.4, -0.2) is 143 Å². The molecule has 5 aliphatic rings. The first kappa shape index (κ1) is 41.3. The second-order valence-electron chi connectivity index (χ2n) is 17.6. The van der Waals surface area contributed by atoms with Gasteiger partial charge in [0.2, 0.25) is 5.84 Å². The lowest BCUT2D eigenvalue weighted by Gasteiger charge is -2.50. The van der Waals surface area contributed by atoms with Gasteiger partial charge in [-0.25, -0.2) is 26.1 Å². The fourth-order valence-corrected chi connectivity index (χ4v) is 12.6. The third kappa shape index (κ3) is 7.97. The van der Waals surface area contributed by atoms with Gasteiger partial charge < -0.3 is 10.0 Å². The van der Waals surface area contributed by atoms with Gasteiger partial charge >= 0.3 is 5.97 Å². The van der Waals surface area contributed by atoms with Crippen LogP contribution in [0.3, 0.4) is 0 Å². The van der Waals surface area contributed by atoms with E-state index >= 15 is 0 Å². The number of fused-ring (bicyclic) bond motifs is 2. The minimum Gasteiger partial charge on any atom is -0.478 e. The Morgan fingerprint density at radius 2 is 1.34 bits per heavy atom. The van der Waals surface area contributed by atoms with Gasteiger partial charge in [0.1, 0.15) is 18.8 Å². The van der Waals surface area contributed by atoms with E-state index in [2.05, 4.69) is 48.8 Å². The monoisotopic (exact) mass is 840 g/mol. The molecule has 2 saturated heterocycles. The van der Waals surface area contributed by atoms with Gasteiger partial charge in [0.05, 0.1) is 39.7 Å². The molecule has 14 heteroatoms. The van der Waals surface area contributed by atoms with Crippen molar-refractivity contribution < 1.29 is 31.5 Å². The number of carboxylic acid groups (broad SMARTS) is 1. The number of hydrogen-bond acceptors (Lipinski definition) is 9. The minimum atomic E-state index is -3.06. The molecule has 3 aromatic carbocycles. The zero-order valence-corrected chi connectivity index (χ0v) is 35.8. The molecule has 0 saturated carbocycles. The lowest BCUT2D eigenvalue weighted by atomic mass is 9.58. The van der Waals surface area contributed by atoms with Crippen LogP contribution in [0.25, 0.3) is 5.57 Å². The van der Waals surface area contributed by atoms with Gasteiger partial charge in [0.25, 0.3) is 5.91 Å². The molecule has 3 aromatic rings. The van der Waals surface area contributed by atoms with Gasteiger partial charge in [-0.15, -0.1) is 0 Å². The number of amidine groups is 1. The number of quaternary nitrogens is 1. The van der Waals surface area contributed by atoms with Crippen molar-refractivity contribution in [2.45, 2.75) is 27.2 Å². The number of aromatic carboxylic acids is 1. The van der Waals surface area contributed by atoms with Crippen molar-refractivity contribution in [3.05, 3.63) is 113 Å². The molecule has 8 rings (SSSR count). The molecule has 0 unspecified atom stereocenters. The zero-order chi connectivity index (χ0) is 41.8. The van der Waals surface area contributed by atoms with E-state index in [0.717, 1.165) is 40.3 Å². The van der Waals surface area contributed by atoms with Gasteiger partial charge in [-0.1, -0.05) is 74.9 Å². The number of aliphatic imine (C=N–C) groups is 1. The highest BCUT2D eigenvalue weighted by Crippen LogP contribution is 2.55. The van der Waals surface area contributed by atoms with E-state index in [1.54, 1.807) is 12.1 Å². The number of benzene rings is 3. The van der Waals surface area contributed by atoms with E-state index in [1.807, 2.05) is 59.5 Å². The molecular formula is C45H54N5O7S2+. The molecule has 4 aliphatic heterocycles. The molecule has 2 fully saturated rings. The number of carboxylic acids is 1. The Kier molecular flexibility index (Phi) is 10.9. The maximum Gasteiger partial charge on any atom is 0.335 e. The van der Waals surface area contributed by atoms with E-state index in [0.29, 0.717) is 75.5 Å². The van der Waals surface area contributed by atoms with Crippen molar-refractivity contribution in [1.82, 2.24) is 19.2 Å². The van der Waals surface area contributed by atoms with Gasteiger partial charge in [-0.05, 0) is 47.9 Å². The van der Waals surface area contributed by atoms with Crippen LogP contribution in [0.5, 0.6) is 0 Å². The summed E-state index contributed by atoms with van der Waals surface area (Å²) >= 11 is 0.